The first-order valence-electron chi connectivity index (χ1n) is 7.59. The lowest BCUT2D eigenvalue weighted by Crippen LogP contribution is -2.58. The van der Waals surface area contributed by atoms with Gasteiger partial charge in [0.2, 0.25) is 0 Å². The highest BCUT2D eigenvalue weighted by molar-refractivity contribution is 8.01. The molecular formula is C15H22N2OS2. The van der Waals surface area contributed by atoms with Gasteiger partial charge < -0.3 is 4.74 Å². The van der Waals surface area contributed by atoms with Crippen molar-refractivity contribution >= 4 is 23.1 Å². The number of thioether (sulfide) groups is 1. The summed E-state index contributed by atoms with van der Waals surface area (Å²) in [6.45, 7) is 6.70. The minimum atomic E-state index is 0.507. The molecule has 20 heavy (non-hydrogen) atoms. The average molecular weight is 310 g/mol. The Labute approximate surface area is 129 Å². The first-order valence-corrected chi connectivity index (χ1v) is 9.46. The van der Waals surface area contributed by atoms with Crippen LogP contribution in [0.25, 0.3) is 0 Å². The van der Waals surface area contributed by atoms with Gasteiger partial charge in [-0.15, -0.1) is 23.1 Å². The minimum Gasteiger partial charge on any atom is -0.377 e. The van der Waals surface area contributed by atoms with Crippen LogP contribution in [0.1, 0.15) is 29.8 Å². The van der Waals surface area contributed by atoms with Crippen LogP contribution in [-0.2, 0) is 11.3 Å². The SMILES string of the molecule is Cc1ncsc1CN1CC2(C[C@H](OCC3CC3)CS2)C1. The highest BCUT2D eigenvalue weighted by Crippen LogP contribution is 2.47. The molecule has 0 N–H and O–H groups in total. The third-order valence-corrected chi connectivity index (χ3v) is 7.17. The largest absolute Gasteiger partial charge is 0.377 e. The Morgan fingerprint density at radius 3 is 3.00 bits per heavy atom. The van der Waals surface area contributed by atoms with Crippen LogP contribution in [0.15, 0.2) is 5.51 Å². The summed E-state index contributed by atoms with van der Waals surface area (Å²) < 4.78 is 6.58. The summed E-state index contributed by atoms with van der Waals surface area (Å²) >= 11 is 3.95. The van der Waals surface area contributed by atoms with E-state index in [1.807, 2.05) is 5.51 Å². The Hall–Kier alpha value is -0.100. The van der Waals surface area contributed by atoms with E-state index in [4.69, 9.17) is 4.74 Å². The molecule has 1 spiro atoms. The molecule has 0 aromatic carbocycles. The number of nitrogens with zero attached hydrogens (tertiary/aromatic N) is 2. The molecule has 1 saturated carbocycles. The van der Waals surface area contributed by atoms with Crippen LogP contribution in [0.3, 0.4) is 0 Å². The Balaban J connectivity index is 1.24. The number of ether oxygens (including phenoxy) is 1. The molecule has 0 amide bonds. The summed E-state index contributed by atoms with van der Waals surface area (Å²) in [4.78, 5) is 8.34. The fourth-order valence-corrected chi connectivity index (χ4v) is 5.67. The van der Waals surface area contributed by atoms with E-state index in [1.54, 1.807) is 11.3 Å². The van der Waals surface area contributed by atoms with Crippen molar-refractivity contribution in [3.05, 3.63) is 16.1 Å². The molecule has 0 radical (unpaired) electrons. The maximum absolute atomic E-state index is 6.07. The Kier molecular flexibility index (Phi) is 3.57. The molecule has 110 valence electrons. The molecule has 3 aliphatic rings. The highest BCUT2D eigenvalue weighted by atomic mass is 32.2. The molecule has 0 bridgehead atoms. The monoisotopic (exact) mass is 310 g/mol. The number of aryl methyl sites for hydroxylation is 1. The van der Waals surface area contributed by atoms with Gasteiger partial charge in [-0.2, -0.15) is 0 Å². The van der Waals surface area contributed by atoms with Crippen molar-refractivity contribution in [1.82, 2.24) is 9.88 Å². The van der Waals surface area contributed by atoms with Crippen molar-refractivity contribution in [2.24, 2.45) is 5.92 Å². The molecule has 1 aromatic heterocycles. The van der Waals surface area contributed by atoms with Gasteiger partial charge in [0.25, 0.3) is 0 Å². The second kappa shape index (κ2) is 5.27. The maximum Gasteiger partial charge on any atom is 0.0798 e. The molecule has 3 heterocycles. The normalized spacial score (nSPS) is 28.9. The quantitative estimate of drug-likeness (QED) is 0.835. The van der Waals surface area contributed by atoms with E-state index >= 15 is 0 Å². The van der Waals surface area contributed by atoms with E-state index in [0.29, 0.717) is 10.9 Å². The lowest BCUT2D eigenvalue weighted by atomic mass is 9.93. The third-order valence-electron chi connectivity index (χ3n) is 4.68. The first kappa shape index (κ1) is 13.6. The van der Waals surface area contributed by atoms with Crippen LogP contribution < -0.4 is 0 Å². The topological polar surface area (TPSA) is 25.4 Å². The summed E-state index contributed by atoms with van der Waals surface area (Å²) in [6.07, 6.45) is 4.58. The Morgan fingerprint density at radius 2 is 2.30 bits per heavy atom. The number of likely N-dealkylation sites (tertiary alicyclic amines) is 1. The van der Waals surface area contributed by atoms with Gasteiger partial charge in [0.05, 0.1) is 17.3 Å². The minimum absolute atomic E-state index is 0.507. The molecule has 3 fully saturated rings. The predicted molar refractivity (Wildman–Crippen MR) is 84.4 cm³/mol. The van der Waals surface area contributed by atoms with Gasteiger partial charge in [0.15, 0.2) is 0 Å². The van der Waals surface area contributed by atoms with Crippen LogP contribution in [0.2, 0.25) is 0 Å². The fraction of sp³-hybridized carbons (Fsp3) is 0.800. The molecule has 1 aliphatic carbocycles. The van der Waals surface area contributed by atoms with Crippen molar-refractivity contribution < 1.29 is 4.74 Å². The van der Waals surface area contributed by atoms with Crippen LogP contribution in [0, 0.1) is 12.8 Å². The van der Waals surface area contributed by atoms with Crippen LogP contribution >= 0.6 is 23.1 Å². The number of hydrogen-bond acceptors (Lipinski definition) is 5. The molecule has 3 nitrogen and oxygen atoms in total. The van der Waals surface area contributed by atoms with E-state index < -0.39 is 0 Å². The van der Waals surface area contributed by atoms with E-state index in [0.717, 1.165) is 19.1 Å². The van der Waals surface area contributed by atoms with Gasteiger partial charge in [-0.3, -0.25) is 4.90 Å². The zero-order chi connectivity index (χ0) is 13.6. The molecule has 0 unspecified atom stereocenters. The third kappa shape index (κ3) is 2.78. The van der Waals surface area contributed by atoms with Gasteiger partial charge in [-0.25, -0.2) is 4.98 Å². The molecule has 4 rings (SSSR count). The lowest BCUT2D eigenvalue weighted by molar-refractivity contribution is 0.0307. The van der Waals surface area contributed by atoms with Crippen LogP contribution in [0.5, 0.6) is 0 Å². The zero-order valence-electron chi connectivity index (χ0n) is 12.0. The smallest absolute Gasteiger partial charge is 0.0798 e. The lowest BCUT2D eigenvalue weighted by Gasteiger charge is -2.47. The van der Waals surface area contributed by atoms with E-state index in [9.17, 15) is 0 Å². The van der Waals surface area contributed by atoms with Gasteiger partial charge in [-0.05, 0) is 32.1 Å². The molecule has 1 atom stereocenters. The standard InChI is InChI=1S/C15H22N2OS2/c1-11-14(19-10-16-11)5-17-8-15(9-17)4-13(7-20-15)18-6-12-2-3-12/h10,12-13H,2-9H2,1H3/t13-/m0/s1. The first-order chi connectivity index (χ1) is 9.72. The van der Waals surface area contributed by atoms with Gasteiger partial charge in [0, 0.05) is 41.6 Å². The molecular weight excluding hydrogens is 288 g/mol. The number of aromatic nitrogens is 1. The zero-order valence-corrected chi connectivity index (χ0v) is 13.6. The van der Waals surface area contributed by atoms with Gasteiger partial charge in [0.1, 0.15) is 0 Å². The van der Waals surface area contributed by atoms with Crippen molar-refractivity contribution in [3.63, 3.8) is 0 Å². The summed E-state index contributed by atoms with van der Waals surface area (Å²) in [5, 5.41) is 0. The average Bonchev–Trinajstić information content (AvgIpc) is 3.00. The van der Waals surface area contributed by atoms with E-state index in [-0.39, 0.29) is 0 Å². The Morgan fingerprint density at radius 1 is 1.45 bits per heavy atom. The molecule has 2 saturated heterocycles. The van der Waals surface area contributed by atoms with Gasteiger partial charge >= 0.3 is 0 Å². The predicted octanol–water partition coefficient (Wildman–Crippen LogP) is 2.94. The molecule has 5 heteroatoms. The summed E-state index contributed by atoms with van der Waals surface area (Å²) in [5.41, 5.74) is 3.17. The van der Waals surface area contributed by atoms with Crippen LogP contribution in [0.4, 0.5) is 0 Å². The molecule has 1 aromatic rings. The Bertz CT molecular complexity index is 480. The van der Waals surface area contributed by atoms with Gasteiger partial charge in [-0.1, -0.05) is 0 Å². The number of thiazole rings is 1. The summed E-state index contributed by atoms with van der Waals surface area (Å²) in [7, 11) is 0. The second-order valence-electron chi connectivity index (χ2n) is 6.60. The van der Waals surface area contributed by atoms with Crippen molar-refractivity contribution in [2.75, 3.05) is 25.4 Å². The van der Waals surface area contributed by atoms with Crippen molar-refractivity contribution in [2.45, 2.75) is 43.6 Å². The van der Waals surface area contributed by atoms with Crippen LogP contribution in [-0.4, -0.2) is 46.2 Å². The fourth-order valence-electron chi connectivity index (χ4n) is 3.25. The van der Waals surface area contributed by atoms with Crippen molar-refractivity contribution in [3.8, 4) is 0 Å². The molecule has 2 aliphatic heterocycles. The number of hydrogen-bond donors (Lipinski definition) is 0. The van der Waals surface area contributed by atoms with E-state index in [1.165, 1.54) is 48.7 Å². The summed E-state index contributed by atoms with van der Waals surface area (Å²) in [5.74, 6) is 2.10. The summed E-state index contributed by atoms with van der Waals surface area (Å²) in [6, 6.07) is 0. The maximum atomic E-state index is 6.07. The van der Waals surface area contributed by atoms with E-state index in [2.05, 4.69) is 28.6 Å². The number of rotatable bonds is 5. The van der Waals surface area contributed by atoms with Crippen molar-refractivity contribution in [1.29, 1.82) is 0 Å². The second-order valence-corrected chi connectivity index (χ2v) is 9.03. The highest BCUT2D eigenvalue weighted by Gasteiger charge is 2.49.